The van der Waals surface area contributed by atoms with E-state index in [1.54, 1.807) is 18.3 Å². The maximum Gasteiger partial charge on any atom is 0.225 e. The maximum absolute atomic E-state index is 11.4. The van der Waals surface area contributed by atoms with Crippen LogP contribution in [0.4, 0.5) is 5.82 Å². The van der Waals surface area contributed by atoms with Crippen LogP contribution in [0.25, 0.3) is 0 Å². The summed E-state index contributed by atoms with van der Waals surface area (Å²) in [5, 5.41) is 3.16. The second-order valence-electron chi connectivity index (χ2n) is 3.34. The summed E-state index contributed by atoms with van der Waals surface area (Å²) in [6, 6.07) is 3.44. The third kappa shape index (κ3) is 4.30. The van der Waals surface area contributed by atoms with Crippen LogP contribution in [0.1, 0.15) is 32.6 Å². The molecule has 0 fully saturated rings. The number of carbonyl (C=O) groups is 1. The lowest BCUT2D eigenvalue weighted by atomic mass is 10.2. The zero-order valence-electron chi connectivity index (χ0n) is 8.79. The highest BCUT2D eigenvalue weighted by Gasteiger charge is 2.05. The number of rotatable bonds is 5. The van der Waals surface area contributed by atoms with Crippen molar-refractivity contribution in [2.45, 2.75) is 32.6 Å². The highest BCUT2D eigenvalue weighted by molar-refractivity contribution is 6.33. The lowest BCUT2D eigenvalue weighted by Gasteiger charge is -2.04. The van der Waals surface area contributed by atoms with Gasteiger partial charge in [0.15, 0.2) is 5.82 Å². The molecule has 0 saturated heterocycles. The Morgan fingerprint density at radius 3 is 3.00 bits per heavy atom. The number of aromatic nitrogens is 1. The average Bonchev–Trinajstić information content (AvgIpc) is 2.22. The minimum Gasteiger partial charge on any atom is -0.309 e. The van der Waals surface area contributed by atoms with E-state index in [1.165, 1.54) is 0 Å². The van der Waals surface area contributed by atoms with Gasteiger partial charge in [-0.25, -0.2) is 4.98 Å². The van der Waals surface area contributed by atoms with E-state index in [9.17, 15) is 4.79 Å². The number of pyridine rings is 1. The fourth-order valence-corrected chi connectivity index (χ4v) is 1.38. The third-order valence-corrected chi connectivity index (χ3v) is 2.33. The quantitative estimate of drug-likeness (QED) is 0.784. The van der Waals surface area contributed by atoms with Gasteiger partial charge in [0.1, 0.15) is 0 Å². The summed E-state index contributed by atoms with van der Waals surface area (Å²) in [5.41, 5.74) is 0. The van der Waals surface area contributed by atoms with E-state index in [-0.39, 0.29) is 5.91 Å². The van der Waals surface area contributed by atoms with Crippen molar-refractivity contribution in [2.75, 3.05) is 5.32 Å². The van der Waals surface area contributed by atoms with Crippen molar-refractivity contribution >= 4 is 23.3 Å². The molecule has 0 aromatic carbocycles. The van der Waals surface area contributed by atoms with Gasteiger partial charge < -0.3 is 5.32 Å². The van der Waals surface area contributed by atoms with Crippen LogP contribution in [-0.2, 0) is 4.79 Å². The van der Waals surface area contributed by atoms with Gasteiger partial charge in [-0.05, 0) is 18.6 Å². The first-order valence-corrected chi connectivity index (χ1v) is 5.52. The van der Waals surface area contributed by atoms with Gasteiger partial charge >= 0.3 is 0 Å². The Morgan fingerprint density at radius 2 is 2.33 bits per heavy atom. The number of nitrogens with zero attached hydrogens (tertiary/aromatic N) is 1. The molecule has 0 unspecified atom stereocenters. The van der Waals surface area contributed by atoms with Gasteiger partial charge in [0, 0.05) is 12.6 Å². The first-order chi connectivity index (χ1) is 7.24. The Bertz CT molecular complexity index is 328. The second-order valence-corrected chi connectivity index (χ2v) is 3.75. The number of unbranched alkanes of at least 4 members (excludes halogenated alkanes) is 2. The fourth-order valence-electron chi connectivity index (χ4n) is 1.21. The number of amides is 1. The topological polar surface area (TPSA) is 42.0 Å². The predicted molar refractivity (Wildman–Crippen MR) is 62.0 cm³/mol. The van der Waals surface area contributed by atoms with Gasteiger partial charge in [-0.15, -0.1) is 0 Å². The van der Waals surface area contributed by atoms with Crippen LogP contribution in [0.2, 0.25) is 5.02 Å². The van der Waals surface area contributed by atoms with Gasteiger partial charge in [0.2, 0.25) is 5.91 Å². The van der Waals surface area contributed by atoms with E-state index in [1.807, 2.05) is 0 Å². The summed E-state index contributed by atoms with van der Waals surface area (Å²) >= 11 is 5.85. The summed E-state index contributed by atoms with van der Waals surface area (Å²) in [6.45, 7) is 2.10. The number of halogens is 1. The largest absolute Gasteiger partial charge is 0.309 e. The lowest BCUT2D eigenvalue weighted by Crippen LogP contribution is -2.12. The van der Waals surface area contributed by atoms with E-state index in [4.69, 9.17) is 11.6 Å². The first kappa shape index (κ1) is 12.0. The Hall–Kier alpha value is -1.09. The smallest absolute Gasteiger partial charge is 0.225 e. The standard InChI is InChI=1S/C11H15ClN2O/c1-2-3-4-7-10(15)14-11-9(12)6-5-8-13-11/h5-6,8H,2-4,7H2,1H3,(H,13,14,15). The van der Waals surface area contributed by atoms with Crippen LogP contribution in [-0.4, -0.2) is 10.9 Å². The molecule has 0 radical (unpaired) electrons. The van der Waals surface area contributed by atoms with Gasteiger partial charge in [0.05, 0.1) is 5.02 Å². The normalized spacial score (nSPS) is 10.0. The molecule has 1 heterocycles. The van der Waals surface area contributed by atoms with Crippen LogP contribution >= 0.6 is 11.6 Å². The molecule has 1 N–H and O–H groups in total. The number of nitrogens with one attached hydrogen (secondary N) is 1. The van der Waals surface area contributed by atoms with Crippen LogP contribution in [0.15, 0.2) is 18.3 Å². The molecule has 0 atom stereocenters. The predicted octanol–water partition coefficient (Wildman–Crippen LogP) is 3.25. The summed E-state index contributed by atoms with van der Waals surface area (Å²) < 4.78 is 0. The molecule has 1 aromatic rings. The number of carbonyl (C=O) groups excluding carboxylic acids is 1. The molecule has 0 aliphatic carbocycles. The van der Waals surface area contributed by atoms with E-state index >= 15 is 0 Å². The van der Waals surface area contributed by atoms with Gasteiger partial charge in [-0.1, -0.05) is 31.4 Å². The minimum absolute atomic E-state index is 0.0240. The molecule has 15 heavy (non-hydrogen) atoms. The summed E-state index contributed by atoms with van der Waals surface area (Å²) in [6.07, 6.45) is 5.22. The molecule has 1 aromatic heterocycles. The molecule has 1 rings (SSSR count). The molecule has 0 bridgehead atoms. The van der Waals surface area contributed by atoms with Crippen molar-refractivity contribution in [3.05, 3.63) is 23.4 Å². The monoisotopic (exact) mass is 226 g/mol. The first-order valence-electron chi connectivity index (χ1n) is 5.14. The zero-order valence-corrected chi connectivity index (χ0v) is 9.55. The van der Waals surface area contributed by atoms with Crippen molar-refractivity contribution in [1.29, 1.82) is 0 Å². The van der Waals surface area contributed by atoms with Crippen molar-refractivity contribution in [3.8, 4) is 0 Å². The Kier molecular flexibility index (Phi) is 5.12. The Balaban J connectivity index is 2.41. The summed E-state index contributed by atoms with van der Waals surface area (Å²) in [5.74, 6) is 0.421. The van der Waals surface area contributed by atoms with Gasteiger partial charge in [-0.2, -0.15) is 0 Å². The number of anilines is 1. The lowest BCUT2D eigenvalue weighted by molar-refractivity contribution is -0.116. The van der Waals surface area contributed by atoms with Crippen LogP contribution in [0.3, 0.4) is 0 Å². The highest BCUT2D eigenvalue weighted by atomic mass is 35.5. The molecule has 0 aliphatic rings. The average molecular weight is 227 g/mol. The Labute approximate surface area is 94.9 Å². The number of hydrogen-bond acceptors (Lipinski definition) is 2. The van der Waals surface area contributed by atoms with Crippen molar-refractivity contribution in [3.63, 3.8) is 0 Å². The van der Waals surface area contributed by atoms with E-state index < -0.39 is 0 Å². The zero-order chi connectivity index (χ0) is 11.1. The van der Waals surface area contributed by atoms with Gasteiger partial charge in [-0.3, -0.25) is 4.79 Å². The van der Waals surface area contributed by atoms with Crippen molar-refractivity contribution in [2.24, 2.45) is 0 Å². The minimum atomic E-state index is -0.0240. The third-order valence-electron chi connectivity index (χ3n) is 2.02. The molecular formula is C11H15ClN2O. The second kappa shape index (κ2) is 6.40. The molecule has 0 spiro atoms. The molecule has 1 amide bonds. The van der Waals surface area contributed by atoms with Crippen molar-refractivity contribution in [1.82, 2.24) is 4.98 Å². The highest BCUT2D eigenvalue weighted by Crippen LogP contribution is 2.17. The van der Waals surface area contributed by atoms with Gasteiger partial charge in [0.25, 0.3) is 0 Å². The van der Waals surface area contributed by atoms with E-state index in [0.29, 0.717) is 17.3 Å². The van der Waals surface area contributed by atoms with Crippen molar-refractivity contribution < 1.29 is 4.79 Å². The molecule has 0 saturated carbocycles. The summed E-state index contributed by atoms with van der Waals surface area (Å²) in [4.78, 5) is 15.4. The van der Waals surface area contributed by atoms with Crippen LogP contribution in [0, 0.1) is 0 Å². The molecular weight excluding hydrogens is 212 g/mol. The molecule has 0 aliphatic heterocycles. The summed E-state index contributed by atoms with van der Waals surface area (Å²) in [7, 11) is 0. The number of hydrogen-bond donors (Lipinski definition) is 1. The maximum atomic E-state index is 11.4. The van der Waals surface area contributed by atoms with Crippen LogP contribution < -0.4 is 5.32 Å². The molecule has 3 nitrogen and oxygen atoms in total. The van der Waals surface area contributed by atoms with Crippen LogP contribution in [0.5, 0.6) is 0 Å². The Morgan fingerprint density at radius 1 is 1.53 bits per heavy atom. The molecule has 82 valence electrons. The van der Waals surface area contributed by atoms with E-state index in [0.717, 1.165) is 19.3 Å². The fraction of sp³-hybridized carbons (Fsp3) is 0.455. The molecule has 4 heteroatoms. The SMILES string of the molecule is CCCCCC(=O)Nc1ncccc1Cl. The van der Waals surface area contributed by atoms with E-state index in [2.05, 4.69) is 17.2 Å².